The second kappa shape index (κ2) is 9.72. The van der Waals surface area contributed by atoms with Crippen molar-refractivity contribution in [1.29, 1.82) is 0 Å². The van der Waals surface area contributed by atoms with E-state index >= 15 is 0 Å². The average Bonchev–Trinajstić information content (AvgIpc) is 3.32. The first-order valence-corrected chi connectivity index (χ1v) is 14.3. The normalized spacial score (nSPS) is 23.6. The first-order valence-electron chi connectivity index (χ1n) is 13.5. The van der Waals surface area contributed by atoms with Crippen molar-refractivity contribution in [1.82, 2.24) is 15.3 Å². The van der Waals surface area contributed by atoms with Crippen LogP contribution in [0.5, 0.6) is 0 Å². The van der Waals surface area contributed by atoms with Gasteiger partial charge in [-0.05, 0) is 69.2 Å². The molecule has 0 radical (unpaired) electrons. The van der Waals surface area contributed by atoms with E-state index in [4.69, 9.17) is 46.7 Å². The zero-order chi connectivity index (χ0) is 27.5. The summed E-state index contributed by atoms with van der Waals surface area (Å²) in [5.74, 6) is 1.91. The second-order valence-electron chi connectivity index (χ2n) is 11.2. The average molecular weight is 580 g/mol. The quantitative estimate of drug-likeness (QED) is 0.197. The van der Waals surface area contributed by atoms with Crippen molar-refractivity contribution < 1.29 is 23.3 Å². The van der Waals surface area contributed by atoms with Crippen LogP contribution in [0.3, 0.4) is 0 Å². The number of hydrogen-bond donors (Lipinski definition) is 0. The van der Waals surface area contributed by atoms with Crippen LogP contribution in [-0.4, -0.2) is 34.0 Å². The van der Waals surface area contributed by atoms with Gasteiger partial charge in [0.2, 0.25) is 11.7 Å². The molecular formula is C30H27Cl2N3O5. The molecule has 3 aliphatic carbocycles. The van der Waals surface area contributed by atoms with Crippen LogP contribution in [-0.2, 0) is 21.5 Å². The molecule has 7 rings (SSSR count). The third-order valence-electron chi connectivity index (χ3n) is 8.69. The number of ether oxygens (including phenoxy) is 2. The van der Waals surface area contributed by atoms with Gasteiger partial charge in [0.05, 0.1) is 40.3 Å². The molecule has 3 fully saturated rings. The lowest BCUT2D eigenvalue weighted by Crippen LogP contribution is -2.26. The fourth-order valence-corrected chi connectivity index (χ4v) is 6.95. The van der Waals surface area contributed by atoms with E-state index in [9.17, 15) is 4.79 Å². The highest BCUT2D eigenvalue weighted by Crippen LogP contribution is 2.59. The highest BCUT2D eigenvalue weighted by atomic mass is 35.5. The van der Waals surface area contributed by atoms with Crippen LogP contribution >= 0.6 is 23.2 Å². The Morgan fingerprint density at radius 3 is 2.50 bits per heavy atom. The van der Waals surface area contributed by atoms with Crippen LogP contribution in [0.15, 0.2) is 51.5 Å². The van der Waals surface area contributed by atoms with Gasteiger partial charge in [-0.1, -0.05) is 51.7 Å². The van der Waals surface area contributed by atoms with Gasteiger partial charge in [-0.2, -0.15) is 4.98 Å². The van der Waals surface area contributed by atoms with E-state index in [1.165, 1.54) is 7.11 Å². The number of nitrogens with zero attached hydrogens (tertiary/aromatic N) is 3. The van der Waals surface area contributed by atoms with E-state index in [0.717, 1.165) is 56.3 Å². The molecule has 2 aromatic heterocycles. The number of esters is 1. The predicted molar refractivity (Wildman–Crippen MR) is 147 cm³/mol. The Morgan fingerprint density at radius 1 is 1.02 bits per heavy atom. The molecule has 2 aromatic carbocycles. The predicted octanol–water partition coefficient (Wildman–Crippen LogP) is 7.53. The van der Waals surface area contributed by atoms with Crippen molar-refractivity contribution in [3.05, 3.63) is 75.3 Å². The number of aromatic nitrogens is 3. The van der Waals surface area contributed by atoms with Crippen molar-refractivity contribution >= 4 is 29.2 Å². The minimum absolute atomic E-state index is 0.228. The van der Waals surface area contributed by atoms with E-state index in [-0.39, 0.29) is 11.0 Å². The standard InChI is InChI=1S/C30H27Cl2N3O5/c1-37-27(36)19-5-2-4-18(14-19)26-33-28(40-35-26)29-10-12-30(16-29,13-11-29)38-15-20-24(34-39-25(20)17-8-9-17)23-21(31)6-3-7-22(23)32/h2-7,14,17H,8-13,15-16H2,1H3. The number of hydrogen-bond acceptors (Lipinski definition) is 8. The van der Waals surface area contributed by atoms with E-state index < -0.39 is 5.97 Å². The van der Waals surface area contributed by atoms with Gasteiger partial charge in [-0.15, -0.1) is 0 Å². The van der Waals surface area contributed by atoms with Gasteiger partial charge in [0, 0.05) is 22.6 Å². The second-order valence-corrected chi connectivity index (χ2v) is 12.0. The Labute approximate surface area is 240 Å². The monoisotopic (exact) mass is 579 g/mol. The summed E-state index contributed by atoms with van der Waals surface area (Å²) in [4.78, 5) is 16.7. The summed E-state index contributed by atoms with van der Waals surface area (Å²) in [5, 5.41) is 9.73. The van der Waals surface area contributed by atoms with Gasteiger partial charge in [-0.3, -0.25) is 0 Å². The van der Waals surface area contributed by atoms with Crippen LogP contribution in [0.25, 0.3) is 22.6 Å². The lowest BCUT2D eigenvalue weighted by Gasteiger charge is -2.27. The molecule has 0 atom stereocenters. The maximum atomic E-state index is 12.0. The molecule has 40 heavy (non-hydrogen) atoms. The van der Waals surface area contributed by atoms with Crippen LogP contribution in [0.2, 0.25) is 10.0 Å². The Kier molecular flexibility index (Phi) is 6.25. The number of fused-ring (bicyclic) bond motifs is 2. The first-order chi connectivity index (χ1) is 19.4. The van der Waals surface area contributed by atoms with Gasteiger partial charge in [0.1, 0.15) is 11.5 Å². The van der Waals surface area contributed by atoms with E-state index in [1.54, 1.807) is 18.2 Å². The van der Waals surface area contributed by atoms with Crippen molar-refractivity contribution in [3.8, 4) is 22.6 Å². The van der Waals surface area contributed by atoms with Gasteiger partial charge in [0.15, 0.2) is 0 Å². The Morgan fingerprint density at radius 2 is 1.77 bits per heavy atom. The molecule has 0 aliphatic heterocycles. The minimum Gasteiger partial charge on any atom is -0.465 e. The molecule has 0 spiro atoms. The molecule has 3 saturated carbocycles. The van der Waals surface area contributed by atoms with Crippen LogP contribution in [0, 0.1) is 0 Å². The fraction of sp³-hybridized carbons (Fsp3) is 0.400. The Bertz CT molecular complexity index is 1580. The molecule has 0 amide bonds. The highest BCUT2D eigenvalue weighted by Gasteiger charge is 2.58. The molecule has 8 nitrogen and oxygen atoms in total. The molecule has 206 valence electrons. The molecule has 2 bridgehead atoms. The molecule has 0 unspecified atom stereocenters. The van der Waals surface area contributed by atoms with E-state index in [0.29, 0.717) is 56.7 Å². The van der Waals surface area contributed by atoms with Crippen molar-refractivity contribution in [3.63, 3.8) is 0 Å². The summed E-state index contributed by atoms with van der Waals surface area (Å²) in [5.41, 5.74) is 2.90. The lowest BCUT2D eigenvalue weighted by molar-refractivity contribution is -0.0488. The van der Waals surface area contributed by atoms with E-state index in [1.807, 2.05) is 24.3 Å². The molecule has 10 heteroatoms. The van der Waals surface area contributed by atoms with Gasteiger partial charge >= 0.3 is 5.97 Å². The van der Waals surface area contributed by atoms with Crippen LogP contribution in [0.4, 0.5) is 0 Å². The molecule has 2 heterocycles. The van der Waals surface area contributed by atoms with Crippen LogP contribution < -0.4 is 0 Å². The Hall–Kier alpha value is -3.20. The third kappa shape index (κ3) is 4.33. The summed E-state index contributed by atoms with van der Waals surface area (Å²) < 4.78 is 23.2. The van der Waals surface area contributed by atoms with Gasteiger partial charge < -0.3 is 18.5 Å². The van der Waals surface area contributed by atoms with Crippen molar-refractivity contribution in [2.45, 2.75) is 68.5 Å². The number of halogens is 2. The lowest BCUT2D eigenvalue weighted by atomic mass is 9.84. The zero-order valence-electron chi connectivity index (χ0n) is 21.9. The maximum Gasteiger partial charge on any atom is 0.337 e. The van der Waals surface area contributed by atoms with Gasteiger partial charge in [-0.25, -0.2) is 4.79 Å². The summed E-state index contributed by atoms with van der Waals surface area (Å²) in [7, 11) is 1.36. The fourth-order valence-electron chi connectivity index (χ4n) is 6.37. The molecular weight excluding hydrogens is 553 g/mol. The number of methoxy groups -OCH3 is 1. The Balaban J connectivity index is 1.12. The smallest absolute Gasteiger partial charge is 0.337 e. The summed E-state index contributed by atoms with van der Waals surface area (Å²) in [6, 6.07) is 12.5. The SMILES string of the molecule is COC(=O)c1cccc(-c2noc(C34CCC(OCc5c(-c6c(Cl)cccc6Cl)noc5C5CC5)(CC3)C4)n2)c1. The molecule has 3 aliphatic rings. The number of carbonyl (C=O) groups excluding carboxylic acids is 1. The zero-order valence-corrected chi connectivity index (χ0v) is 23.4. The maximum absolute atomic E-state index is 12.0. The summed E-state index contributed by atoms with van der Waals surface area (Å²) >= 11 is 13.1. The molecule has 0 N–H and O–H groups in total. The molecule has 0 saturated heterocycles. The largest absolute Gasteiger partial charge is 0.465 e. The van der Waals surface area contributed by atoms with Crippen molar-refractivity contribution in [2.75, 3.05) is 7.11 Å². The van der Waals surface area contributed by atoms with E-state index in [2.05, 4.69) is 10.3 Å². The number of carbonyl (C=O) groups is 1. The number of rotatable bonds is 8. The topological polar surface area (TPSA) is 100 Å². The number of benzene rings is 2. The summed E-state index contributed by atoms with van der Waals surface area (Å²) in [6.45, 7) is 0.373. The van der Waals surface area contributed by atoms with Crippen LogP contribution in [0.1, 0.15) is 78.4 Å². The highest BCUT2D eigenvalue weighted by molar-refractivity contribution is 6.39. The minimum atomic E-state index is -0.407. The molecule has 4 aromatic rings. The van der Waals surface area contributed by atoms with Gasteiger partial charge in [0.25, 0.3) is 0 Å². The van der Waals surface area contributed by atoms with Crippen molar-refractivity contribution in [2.24, 2.45) is 0 Å². The third-order valence-corrected chi connectivity index (χ3v) is 9.32. The first kappa shape index (κ1) is 25.7. The summed E-state index contributed by atoms with van der Waals surface area (Å²) in [6.07, 6.45) is 6.56.